The summed E-state index contributed by atoms with van der Waals surface area (Å²) in [6.45, 7) is 0. The smallest absolute Gasteiger partial charge is 0.247 e. The van der Waals surface area contributed by atoms with Crippen LogP contribution in [0.25, 0.3) is 22.2 Å². The molecule has 0 aliphatic carbocycles. The summed E-state index contributed by atoms with van der Waals surface area (Å²) in [5, 5.41) is 0.914. The van der Waals surface area contributed by atoms with Crippen LogP contribution in [-0.2, 0) is 0 Å². The first-order valence-corrected chi connectivity index (χ1v) is 6.85. The van der Waals surface area contributed by atoms with Crippen molar-refractivity contribution < 1.29 is 0 Å². The van der Waals surface area contributed by atoms with Gasteiger partial charge < -0.3 is 0 Å². The average molecular weight is 289 g/mol. The zero-order valence-electron chi connectivity index (χ0n) is 11.5. The standard InChI is InChI=1S/C17H11N3O2/c21-16-18-15-11-10-12-6-4-5-9-14(12)20(15)17(22)19(16)13-7-2-1-3-8-13/h1-11H. The van der Waals surface area contributed by atoms with E-state index in [1.807, 2.05) is 36.4 Å². The van der Waals surface area contributed by atoms with E-state index in [2.05, 4.69) is 4.98 Å². The molecular formula is C17H11N3O2. The Kier molecular flexibility index (Phi) is 2.66. The molecule has 0 N–H and O–H groups in total. The van der Waals surface area contributed by atoms with Crippen molar-refractivity contribution in [2.75, 3.05) is 0 Å². The molecule has 106 valence electrons. The lowest BCUT2D eigenvalue weighted by atomic mass is 10.2. The fourth-order valence-corrected chi connectivity index (χ4v) is 2.61. The zero-order valence-corrected chi connectivity index (χ0v) is 11.5. The lowest BCUT2D eigenvalue weighted by Crippen LogP contribution is -2.38. The number of rotatable bonds is 1. The molecule has 2 heterocycles. The molecule has 0 bridgehead atoms. The summed E-state index contributed by atoms with van der Waals surface area (Å²) in [5.74, 6) is 0. The molecule has 0 unspecified atom stereocenters. The Morgan fingerprint density at radius 2 is 1.50 bits per heavy atom. The lowest BCUT2D eigenvalue weighted by Gasteiger charge is -2.09. The normalized spacial score (nSPS) is 11.1. The van der Waals surface area contributed by atoms with Gasteiger partial charge >= 0.3 is 11.4 Å². The van der Waals surface area contributed by atoms with Gasteiger partial charge in [-0.25, -0.2) is 18.6 Å². The first-order valence-electron chi connectivity index (χ1n) is 6.85. The van der Waals surface area contributed by atoms with Crippen molar-refractivity contribution >= 4 is 16.6 Å². The van der Waals surface area contributed by atoms with Crippen molar-refractivity contribution in [3.8, 4) is 5.69 Å². The number of pyridine rings is 1. The number of hydrogen-bond acceptors (Lipinski definition) is 3. The number of fused-ring (bicyclic) bond motifs is 3. The molecule has 0 fully saturated rings. The summed E-state index contributed by atoms with van der Waals surface area (Å²) in [6.07, 6.45) is 0. The Labute approximate surface area is 124 Å². The highest BCUT2D eigenvalue weighted by Gasteiger charge is 2.11. The molecule has 5 heteroatoms. The number of hydrogen-bond donors (Lipinski definition) is 0. The summed E-state index contributed by atoms with van der Waals surface area (Å²) in [6, 6.07) is 19.8. The van der Waals surface area contributed by atoms with Gasteiger partial charge in [0.1, 0.15) is 5.65 Å². The maximum Gasteiger partial charge on any atom is 0.358 e. The monoisotopic (exact) mass is 289 g/mol. The third-order valence-corrected chi connectivity index (χ3v) is 3.62. The van der Waals surface area contributed by atoms with Crippen molar-refractivity contribution in [1.29, 1.82) is 0 Å². The number of aromatic nitrogens is 3. The molecular weight excluding hydrogens is 278 g/mol. The third kappa shape index (κ3) is 1.76. The van der Waals surface area contributed by atoms with Gasteiger partial charge in [0.25, 0.3) is 0 Å². The molecule has 0 spiro atoms. The van der Waals surface area contributed by atoms with E-state index >= 15 is 0 Å². The van der Waals surface area contributed by atoms with Crippen LogP contribution in [0.4, 0.5) is 0 Å². The van der Waals surface area contributed by atoms with Gasteiger partial charge in [-0.3, -0.25) is 0 Å². The van der Waals surface area contributed by atoms with Crippen LogP contribution in [0, 0.1) is 0 Å². The minimum absolute atomic E-state index is 0.348. The van der Waals surface area contributed by atoms with Crippen LogP contribution < -0.4 is 11.4 Å². The van der Waals surface area contributed by atoms with Crippen LogP contribution in [0.2, 0.25) is 0 Å². The van der Waals surface area contributed by atoms with Crippen molar-refractivity contribution in [1.82, 2.24) is 14.0 Å². The molecule has 2 aromatic heterocycles. The summed E-state index contributed by atoms with van der Waals surface area (Å²) in [4.78, 5) is 29.1. The van der Waals surface area contributed by atoms with Gasteiger partial charge in [0, 0.05) is 0 Å². The van der Waals surface area contributed by atoms with E-state index in [4.69, 9.17) is 0 Å². The summed E-state index contributed by atoms with van der Waals surface area (Å²) in [5.41, 5.74) is 0.583. The molecule has 22 heavy (non-hydrogen) atoms. The molecule has 0 atom stereocenters. The molecule has 2 aromatic carbocycles. The summed E-state index contributed by atoms with van der Waals surface area (Å²) >= 11 is 0. The maximum atomic E-state index is 12.8. The Morgan fingerprint density at radius 1 is 0.773 bits per heavy atom. The predicted octanol–water partition coefficient (Wildman–Crippen LogP) is 2.00. The first kappa shape index (κ1) is 12.5. The minimum atomic E-state index is -0.577. The van der Waals surface area contributed by atoms with E-state index in [-0.39, 0.29) is 0 Å². The summed E-state index contributed by atoms with van der Waals surface area (Å²) in [7, 11) is 0. The molecule has 0 aliphatic heterocycles. The highest BCUT2D eigenvalue weighted by atomic mass is 16.2. The Hall–Kier alpha value is -3.21. The van der Waals surface area contributed by atoms with E-state index in [0.29, 0.717) is 11.3 Å². The molecule has 0 radical (unpaired) electrons. The lowest BCUT2D eigenvalue weighted by molar-refractivity contribution is 0.807. The van der Waals surface area contributed by atoms with Crippen LogP contribution in [0.1, 0.15) is 0 Å². The van der Waals surface area contributed by atoms with Crippen LogP contribution in [0.5, 0.6) is 0 Å². The van der Waals surface area contributed by atoms with Crippen molar-refractivity contribution in [3.63, 3.8) is 0 Å². The Morgan fingerprint density at radius 3 is 2.32 bits per heavy atom. The number of nitrogens with zero attached hydrogens (tertiary/aromatic N) is 3. The van der Waals surface area contributed by atoms with E-state index in [1.54, 1.807) is 30.3 Å². The molecule has 0 saturated heterocycles. The van der Waals surface area contributed by atoms with Crippen molar-refractivity contribution in [3.05, 3.63) is 87.7 Å². The average Bonchev–Trinajstić information content (AvgIpc) is 2.55. The second-order valence-corrected chi connectivity index (χ2v) is 4.93. The zero-order chi connectivity index (χ0) is 15.1. The van der Waals surface area contributed by atoms with Gasteiger partial charge in [0.15, 0.2) is 0 Å². The quantitative estimate of drug-likeness (QED) is 0.504. The van der Waals surface area contributed by atoms with Crippen molar-refractivity contribution in [2.24, 2.45) is 0 Å². The highest BCUT2D eigenvalue weighted by Crippen LogP contribution is 2.13. The number of para-hydroxylation sites is 2. The molecule has 4 rings (SSSR count). The fourth-order valence-electron chi connectivity index (χ4n) is 2.61. The molecule has 4 aromatic rings. The molecule has 0 aliphatic rings. The van der Waals surface area contributed by atoms with Gasteiger partial charge in [-0.2, -0.15) is 4.98 Å². The van der Waals surface area contributed by atoms with Crippen molar-refractivity contribution in [2.45, 2.75) is 0 Å². The molecule has 5 nitrogen and oxygen atoms in total. The Balaban J connectivity index is 2.23. The van der Waals surface area contributed by atoms with E-state index < -0.39 is 11.4 Å². The van der Waals surface area contributed by atoms with Crippen LogP contribution in [-0.4, -0.2) is 14.0 Å². The van der Waals surface area contributed by atoms with Gasteiger partial charge in [0.05, 0.1) is 11.2 Å². The van der Waals surface area contributed by atoms with Gasteiger partial charge in [0.2, 0.25) is 0 Å². The first-order chi connectivity index (χ1) is 10.8. The fraction of sp³-hybridized carbons (Fsp3) is 0. The van der Waals surface area contributed by atoms with Crippen LogP contribution in [0.3, 0.4) is 0 Å². The van der Waals surface area contributed by atoms with Crippen LogP contribution >= 0.6 is 0 Å². The second-order valence-electron chi connectivity index (χ2n) is 4.93. The summed E-state index contributed by atoms with van der Waals surface area (Å²) < 4.78 is 2.54. The van der Waals surface area contributed by atoms with E-state index in [1.165, 1.54) is 4.40 Å². The predicted molar refractivity (Wildman–Crippen MR) is 84.6 cm³/mol. The third-order valence-electron chi connectivity index (χ3n) is 3.62. The van der Waals surface area contributed by atoms with Gasteiger partial charge in [-0.15, -0.1) is 0 Å². The van der Waals surface area contributed by atoms with E-state index in [0.717, 1.165) is 15.5 Å². The Bertz CT molecular complexity index is 1110. The maximum absolute atomic E-state index is 12.8. The number of benzene rings is 2. The van der Waals surface area contributed by atoms with Gasteiger partial charge in [-0.05, 0) is 35.7 Å². The second kappa shape index (κ2) is 4.66. The molecule has 0 saturated carbocycles. The minimum Gasteiger partial charge on any atom is -0.247 e. The highest BCUT2D eigenvalue weighted by molar-refractivity contribution is 5.81. The SMILES string of the molecule is O=c1nc2ccc3ccccc3n2c(=O)n1-c1ccccc1. The van der Waals surface area contributed by atoms with Gasteiger partial charge in [-0.1, -0.05) is 36.4 Å². The van der Waals surface area contributed by atoms with E-state index in [9.17, 15) is 9.59 Å². The van der Waals surface area contributed by atoms with Crippen LogP contribution in [0.15, 0.2) is 76.3 Å². The largest absolute Gasteiger partial charge is 0.358 e. The topological polar surface area (TPSA) is 56.4 Å². The molecule has 0 amide bonds.